The molecule has 8 nitrogen and oxygen atoms in total. The minimum absolute atomic E-state index is 0. The van der Waals surface area contributed by atoms with Crippen LogP contribution in [0.4, 0.5) is 22.2 Å². The molecule has 0 bridgehead atoms. The smallest absolute Gasteiger partial charge is 1.00 e. The maximum atomic E-state index is 12.9. The molecule has 0 spiro atoms. The van der Waals surface area contributed by atoms with Crippen LogP contribution in [0.2, 0.25) is 0 Å². The van der Waals surface area contributed by atoms with Gasteiger partial charge in [-0.25, -0.2) is 9.78 Å². The van der Waals surface area contributed by atoms with Crippen LogP contribution in [0, 0.1) is 0 Å². The van der Waals surface area contributed by atoms with Gasteiger partial charge in [0.05, 0.1) is 11.3 Å². The van der Waals surface area contributed by atoms with Crippen molar-refractivity contribution in [2.24, 2.45) is 0 Å². The van der Waals surface area contributed by atoms with E-state index in [1.54, 1.807) is 12.1 Å². The Balaban J connectivity index is 0.00000242. The SMILES string of the molecule is CC(C)N(c1ccc(C(=O)O)cc1)c1nc(-c2ccc(NC(=O)c3ccc(N4CCN(C)CC4)cc3)cc2)cs1.[H-].[Na+]. The molecule has 1 aromatic heterocycles. The average Bonchev–Trinajstić information content (AvgIpc) is 3.43. The van der Waals surface area contributed by atoms with E-state index in [2.05, 4.69) is 40.9 Å². The number of aromatic carboxylic acids is 1. The molecule has 2 heterocycles. The van der Waals surface area contributed by atoms with Crippen LogP contribution in [0.3, 0.4) is 0 Å². The molecule has 0 atom stereocenters. The normalized spacial score (nSPS) is 13.5. The van der Waals surface area contributed by atoms with Crippen molar-refractivity contribution in [2.45, 2.75) is 19.9 Å². The van der Waals surface area contributed by atoms with Crippen LogP contribution in [0.15, 0.2) is 78.2 Å². The molecule has 208 valence electrons. The van der Waals surface area contributed by atoms with Gasteiger partial charge in [-0.3, -0.25) is 4.79 Å². The van der Waals surface area contributed by atoms with Crippen molar-refractivity contribution in [1.29, 1.82) is 0 Å². The first-order chi connectivity index (χ1) is 19.3. The van der Waals surface area contributed by atoms with Crippen molar-refractivity contribution in [3.8, 4) is 11.3 Å². The fraction of sp³-hybridized carbons (Fsp3) is 0.258. The predicted molar refractivity (Wildman–Crippen MR) is 163 cm³/mol. The van der Waals surface area contributed by atoms with Crippen molar-refractivity contribution in [3.05, 3.63) is 89.3 Å². The number of rotatable bonds is 8. The molecule has 0 saturated carbocycles. The molecule has 1 fully saturated rings. The van der Waals surface area contributed by atoms with Crippen molar-refractivity contribution >= 4 is 45.4 Å². The molecular formula is C31H34N5NaO3S. The molecule has 0 unspecified atom stereocenters. The van der Waals surface area contributed by atoms with Crippen LogP contribution in [-0.4, -0.2) is 66.1 Å². The predicted octanol–water partition coefficient (Wildman–Crippen LogP) is 3.18. The summed E-state index contributed by atoms with van der Waals surface area (Å²) < 4.78 is 0. The van der Waals surface area contributed by atoms with E-state index < -0.39 is 5.97 Å². The summed E-state index contributed by atoms with van der Waals surface area (Å²) in [5, 5.41) is 15.0. The Labute approximate surface area is 268 Å². The maximum Gasteiger partial charge on any atom is 1.00 e. The monoisotopic (exact) mass is 579 g/mol. The van der Waals surface area contributed by atoms with Gasteiger partial charge in [0.2, 0.25) is 0 Å². The third-order valence-corrected chi connectivity index (χ3v) is 7.88. The van der Waals surface area contributed by atoms with Crippen molar-refractivity contribution in [1.82, 2.24) is 9.88 Å². The van der Waals surface area contributed by atoms with E-state index in [0.717, 1.165) is 59.6 Å². The molecule has 1 aliphatic rings. The summed E-state index contributed by atoms with van der Waals surface area (Å²) in [6, 6.07) is 22.4. The molecular weight excluding hydrogens is 545 g/mol. The summed E-state index contributed by atoms with van der Waals surface area (Å²) in [6.45, 7) is 8.21. The Bertz CT molecular complexity index is 1470. The molecule has 0 aliphatic carbocycles. The van der Waals surface area contributed by atoms with Gasteiger partial charge in [0.15, 0.2) is 5.13 Å². The average molecular weight is 580 g/mol. The number of benzene rings is 3. The number of anilines is 4. The first-order valence-electron chi connectivity index (χ1n) is 13.3. The summed E-state index contributed by atoms with van der Waals surface area (Å²) in [5.41, 5.74) is 5.40. The number of nitrogens with zero attached hydrogens (tertiary/aromatic N) is 4. The molecule has 3 aromatic carbocycles. The number of piperazine rings is 1. The Hall–Kier alpha value is -3.21. The van der Waals surface area contributed by atoms with Crippen LogP contribution in [0.25, 0.3) is 11.3 Å². The zero-order valence-corrected chi connectivity index (χ0v) is 26.7. The van der Waals surface area contributed by atoms with Crippen LogP contribution in [0.5, 0.6) is 0 Å². The van der Waals surface area contributed by atoms with Crippen LogP contribution < -0.4 is 44.7 Å². The number of hydrogen-bond donors (Lipinski definition) is 2. The van der Waals surface area contributed by atoms with Gasteiger partial charge in [0, 0.05) is 65.8 Å². The largest absolute Gasteiger partial charge is 1.00 e. The van der Waals surface area contributed by atoms with Gasteiger partial charge in [0.25, 0.3) is 5.91 Å². The minimum Gasteiger partial charge on any atom is -1.00 e. The summed E-state index contributed by atoms with van der Waals surface area (Å²) in [5.74, 6) is -1.09. The molecule has 1 saturated heterocycles. The van der Waals surface area contributed by atoms with E-state index in [1.165, 1.54) is 11.3 Å². The quantitative estimate of drug-likeness (QED) is 0.310. The van der Waals surface area contributed by atoms with E-state index in [9.17, 15) is 14.7 Å². The molecule has 1 aliphatic heterocycles. The number of carboxylic acid groups (broad SMARTS) is 1. The van der Waals surface area contributed by atoms with E-state index in [0.29, 0.717) is 5.56 Å². The van der Waals surface area contributed by atoms with E-state index in [1.807, 2.05) is 66.0 Å². The zero-order valence-electron chi connectivity index (χ0n) is 24.9. The summed E-state index contributed by atoms with van der Waals surface area (Å²) in [4.78, 5) is 35.7. The number of thiazole rings is 1. The Morgan fingerprint density at radius 1 is 0.927 bits per heavy atom. The Morgan fingerprint density at radius 3 is 2.12 bits per heavy atom. The van der Waals surface area contributed by atoms with E-state index in [4.69, 9.17) is 4.98 Å². The summed E-state index contributed by atoms with van der Waals surface area (Å²) >= 11 is 1.53. The number of hydrogen-bond acceptors (Lipinski definition) is 7. The fourth-order valence-corrected chi connectivity index (χ4v) is 5.70. The fourth-order valence-electron chi connectivity index (χ4n) is 4.72. The van der Waals surface area contributed by atoms with Crippen molar-refractivity contribution in [2.75, 3.05) is 48.3 Å². The Morgan fingerprint density at radius 2 is 1.54 bits per heavy atom. The molecule has 4 aromatic rings. The van der Waals surface area contributed by atoms with Gasteiger partial charge in [-0.05, 0) is 81.6 Å². The van der Waals surface area contributed by atoms with Gasteiger partial charge in [-0.1, -0.05) is 12.1 Å². The molecule has 0 radical (unpaired) electrons. The van der Waals surface area contributed by atoms with E-state index >= 15 is 0 Å². The van der Waals surface area contributed by atoms with Crippen LogP contribution >= 0.6 is 11.3 Å². The standard InChI is InChI=1S/C31H33N5O3S.Na.H/c1-21(2)36(27-14-8-24(9-15-27)30(38)39)31-33-28(20-40-31)22-4-10-25(11-5-22)32-29(37)23-6-12-26(13-7-23)35-18-16-34(3)17-19-35;;/h4-15,20-21H,16-19H2,1-3H3,(H,32,37)(H,38,39);;/q;+1;-1. The van der Waals surface area contributed by atoms with Gasteiger partial charge in [-0.15, -0.1) is 11.3 Å². The number of nitrogens with one attached hydrogen (secondary N) is 1. The number of amides is 1. The second kappa shape index (κ2) is 13.6. The molecule has 2 N–H and O–H groups in total. The van der Waals surface area contributed by atoms with Crippen molar-refractivity contribution < 1.29 is 45.7 Å². The second-order valence-electron chi connectivity index (χ2n) is 10.2. The molecule has 41 heavy (non-hydrogen) atoms. The maximum absolute atomic E-state index is 12.9. The third kappa shape index (κ3) is 7.36. The first-order valence-corrected chi connectivity index (χ1v) is 14.2. The summed E-state index contributed by atoms with van der Waals surface area (Å²) in [7, 11) is 2.14. The zero-order chi connectivity index (χ0) is 28.2. The molecule has 5 rings (SSSR count). The Kier molecular flexibility index (Phi) is 10.2. The van der Waals surface area contributed by atoms with Gasteiger partial charge >= 0.3 is 35.5 Å². The van der Waals surface area contributed by atoms with Crippen molar-refractivity contribution in [3.63, 3.8) is 0 Å². The van der Waals surface area contributed by atoms with Gasteiger partial charge in [-0.2, -0.15) is 0 Å². The van der Waals surface area contributed by atoms with Gasteiger partial charge < -0.3 is 26.5 Å². The summed E-state index contributed by atoms with van der Waals surface area (Å²) in [6.07, 6.45) is 0. The number of carbonyl (C=O) groups excluding carboxylic acids is 1. The van der Waals surface area contributed by atoms with Crippen LogP contribution in [0.1, 0.15) is 36.0 Å². The van der Waals surface area contributed by atoms with E-state index in [-0.39, 0.29) is 48.5 Å². The van der Waals surface area contributed by atoms with Gasteiger partial charge in [0.1, 0.15) is 0 Å². The topological polar surface area (TPSA) is 89.0 Å². The number of aromatic nitrogens is 1. The third-order valence-electron chi connectivity index (χ3n) is 7.04. The molecule has 10 heteroatoms. The first kappa shape index (κ1) is 30.7. The number of carboxylic acids is 1. The second-order valence-corrected chi connectivity index (χ2v) is 11.0. The minimum atomic E-state index is -0.946. The van der Waals surface area contributed by atoms with Crippen LogP contribution in [-0.2, 0) is 0 Å². The number of carbonyl (C=O) groups is 2. The number of likely N-dealkylation sites (N-methyl/N-ethyl adjacent to an activating group) is 1. The molecule has 1 amide bonds.